The fourth-order valence-corrected chi connectivity index (χ4v) is 3.19. The van der Waals surface area contributed by atoms with E-state index in [0.29, 0.717) is 5.92 Å². The molecule has 0 bridgehead atoms. The van der Waals surface area contributed by atoms with E-state index in [4.69, 9.17) is 10.5 Å². The van der Waals surface area contributed by atoms with E-state index in [9.17, 15) is 0 Å². The molecule has 0 spiro atoms. The molecule has 1 heterocycles. The van der Waals surface area contributed by atoms with Gasteiger partial charge in [-0.1, -0.05) is 32.1 Å². The molecule has 1 unspecified atom stereocenters. The van der Waals surface area contributed by atoms with Gasteiger partial charge in [-0.3, -0.25) is 4.68 Å². The molecule has 1 aliphatic rings. The molecule has 108 valence electrons. The summed E-state index contributed by atoms with van der Waals surface area (Å²) in [6, 6.07) is 0.0514. The van der Waals surface area contributed by atoms with Gasteiger partial charge in [0.25, 0.3) is 0 Å². The highest BCUT2D eigenvalue weighted by Gasteiger charge is 2.26. The lowest BCUT2D eigenvalue weighted by molar-refractivity contribution is 0.307. The van der Waals surface area contributed by atoms with E-state index in [-0.39, 0.29) is 6.04 Å². The lowest BCUT2D eigenvalue weighted by atomic mass is 9.85. The smallest absolute Gasteiger partial charge is 0.161 e. The Kier molecular flexibility index (Phi) is 5.25. The van der Waals surface area contributed by atoms with E-state index in [1.54, 1.807) is 13.3 Å². The number of hydrogen-bond acceptors (Lipinski definition) is 3. The topological polar surface area (TPSA) is 53.1 Å². The zero-order chi connectivity index (χ0) is 13.7. The highest BCUT2D eigenvalue weighted by molar-refractivity contribution is 5.28. The summed E-state index contributed by atoms with van der Waals surface area (Å²) in [5.74, 6) is 1.41. The SMILES string of the molecule is CCn1ncc(OC)c1C(N)C1CCCCCCC1. The second-order valence-corrected chi connectivity index (χ2v) is 5.54. The molecular formula is C15H27N3O. The maximum absolute atomic E-state index is 6.55. The minimum absolute atomic E-state index is 0.0514. The normalized spacial score (nSPS) is 19.7. The Morgan fingerprint density at radius 2 is 1.95 bits per heavy atom. The van der Waals surface area contributed by atoms with Gasteiger partial charge in [-0.05, 0) is 25.7 Å². The summed E-state index contributed by atoms with van der Waals surface area (Å²) < 4.78 is 7.42. The summed E-state index contributed by atoms with van der Waals surface area (Å²) >= 11 is 0. The molecule has 4 heteroatoms. The highest BCUT2D eigenvalue weighted by Crippen LogP contribution is 2.35. The fourth-order valence-electron chi connectivity index (χ4n) is 3.19. The van der Waals surface area contributed by atoms with E-state index >= 15 is 0 Å². The maximum atomic E-state index is 6.55. The summed E-state index contributed by atoms with van der Waals surface area (Å²) in [4.78, 5) is 0. The van der Waals surface area contributed by atoms with E-state index in [0.717, 1.165) is 18.0 Å². The average Bonchev–Trinajstić information content (AvgIpc) is 2.80. The van der Waals surface area contributed by atoms with Gasteiger partial charge in [0.2, 0.25) is 0 Å². The largest absolute Gasteiger partial charge is 0.493 e. The second-order valence-electron chi connectivity index (χ2n) is 5.54. The predicted molar refractivity (Wildman–Crippen MR) is 77.2 cm³/mol. The molecule has 2 N–H and O–H groups in total. The number of nitrogens with two attached hydrogens (primary N) is 1. The van der Waals surface area contributed by atoms with Gasteiger partial charge in [0.1, 0.15) is 0 Å². The first-order chi connectivity index (χ1) is 9.27. The van der Waals surface area contributed by atoms with E-state index in [1.807, 2.05) is 4.68 Å². The van der Waals surface area contributed by atoms with Crippen molar-refractivity contribution < 1.29 is 4.74 Å². The number of nitrogens with zero attached hydrogens (tertiary/aromatic N) is 2. The molecule has 2 rings (SSSR count). The summed E-state index contributed by atoms with van der Waals surface area (Å²) in [6.45, 7) is 2.94. The van der Waals surface area contributed by atoms with Crippen molar-refractivity contribution in [3.63, 3.8) is 0 Å². The molecule has 1 fully saturated rings. The van der Waals surface area contributed by atoms with Crippen LogP contribution in [0.5, 0.6) is 5.75 Å². The molecule has 1 aromatic rings. The lowest BCUT2D eigenvalue weighted by Crippen LogP contribution is -2.25. The molecule has 1 aromatic heterocycles. The maximum Gasteiger partial charge on any atom is 0.161 e. The van der Waals surface area contributed by atoms with Gasteiger partial charge in [0, 0.05) is 6.54 Å². The number of aryl methyl sites for hydroxylation is 1. The van der Waals surface area contributed by atoms with E-state index in [2.05, 4.69) is 12.0 Å². The molecule has 0 amide bonds. The van der Waals surface area contributed by atoms with Gasteiger partial charge in [0.05, 0.1) is 25.0 Å². The van der Waals surface area contributed by atoms with Crippen LogP contribution in [0, 0.1) is 5.92 Å². The molecule has 19 heavy (non-hydrogen) atoms. The van der Waals surface area contributed by atoms with Gasteiger partial charge >= 0.3 is 0 Å². The van der Waals surface area contributed by atoms with Crippen LogP contribution >= 0.6 is 0 Å². The number of rotatable bonds is 4. The van der Waals surface area contributed by atoms with Crippen molar-refractivity contribution in [3.8, 4) is 5.75 Å². The van der Waals surface area contributed by atoms with Gasteiger partial charge in [-0.15, -0.1) is 0 Å². The van der Waals surface area contributed by atoms with Crippen molar-refractivity contribution in [1.29, 1.82) is 0 Å². The summed E-state index contributed by atoms with van der Waals surface area (Å²) in [5, 5.41) is 4.37. The van der Waals surface area contributed by atoms with Crippen LogP contribution in [0.1, 0.15) is 63.6 Å². The van der Waals surface area contributed by atoms with E-state index in [1.165, 1.54) is 44.9 Å². The Morgan fingerprint density at radius 1 is 1.32 bits per heavy atom. The van der Waals surface area contributed by atoms with E-state index < -0.39 is 0 Å². The molecule has 0 aromatic carbocycles. The molecule has 0 radical (unpaired) electrons. The van der Waals surface area contributed by atoms with Crippen molar-refractivity contribution in [3.05, 3.63) is 11.9 Å². The van der Waals surface area contributed by atoms with Gasteiger partial charge in [-0.2, -0.15) is 5.10 Å². The first-order valence-electron chi connectivity index (χ1n) is 7.63. The molecule has 4 nitrogen and oxygen atoms in total. The first-order valence-corrected chi connectivity index (χ1v) is 7.63. The van der Waals surface area contributed by atoms with Crippen LogP contribution in [0.3, 0.4) is 0 Å². The summed E-state index contributed by atoms with van der Waals surface area (Å²) in [7, 11) is 1.70. The number of hydrogen-bond donors (Lipinski definition) is 1. The monoisotopic (exact) mass is 265 g/mol. The number of aromatic nitrogens is 2. The molecule has 0 aliphatic heterocycles. The third kappa shape index (κ3) is 3.30. The predicted octanol–water partition coefficient (Wildman–Crippen LogP) is 3.27. The molecule has 1 saturated carbocycles. The summed E-state index contributed by atoms with van der Waals surface area (Å²) in [6.07, 6.45) is 11.0. The van der Waals surface area contributed by atoms with Crippen LogP contribution < -0.4 is 10.5 Å². The van der Waals surface area contributed by atoms with Crippen LogP contribution in [-0.2, 0) is 6.54 Å². The Morgan fingerprint density at radius 3 is 2.53 bits per heavy atom. The van der Waals surface area contributed by atoms with Gasteiger partial charge in [0.15, 0.2) is 5.75 Å². The molecule has 1 atom stereocenters. The second kappa shape index (κ2) is 6.94. The molecule has 0 saturated heterocycles. The van der Waals surface area contributed by atoms with Crippen molar-refractivity contribution >= 4 is 0 Å². The Hall–Kier alpha value is -1.03. The lowest BCUT2D eigenvalue weighted by Gasteiger charge is -2.26. The van der Waals surface area contributed by atoms with Crippen molar-refractivity contribution in [2.24, 2.45) is 11.7 Å². The zero-order valence-electron chi connectivity index (χ0n) is 12.3. The zero-order valence-corrected chi connectivity index (χ0v) is 12.3. The standard InChI is InChI=1S/C15H27N3O/c1-3-18-15(13(19-2)11-17-18)14(16)12-9-7-5-4-6-8-10-12/h11-12,14H,3-10,16H2,1-2H3. The van der Waals surface area contributed by atoms with Crippen LogP contribution in [0.25, 0.3) is 0 Å². The fraction of sp³-hybridized carbons (Fsp3) is 0.800. The van der Waals surface area contributed by atoms with Crippen molar-refractivity contribution in [2.75, 3.05) is 7.11 Å². The molecule has 1 aliphatic carbocycles. The summed E-state index contributed by atoms with van der Waals surface area (Å²) in [5.41, 5.74) is 7.63. The van der Waals surface area contributed by atoms with Crippen LogP contribution in [0.2, 0.25) is 0 Å². The van der Waals surface area contributed by atoms with Crippen LogP contribution in [-0.4, -0.2) is 16.9 Å². The minimum Gasteiger partial charge on any atom is -0.493 e. The number of methoxy groups -OCH3 is 1. The van der Waals surface area contributed by atoms with Gasteiger partial charge < -0.3 is 10.5 Å². The Bertz CT molecular complexity index is 359. The van der Waals surface area contributed by atoms with Crippen LogP contribution in [0.15, 0.2) is 6.20 Å². The van der Waals surface area contributed by atoms with Crippen LogP contribution in [0.4, 0.5) is 0 Å². The highest BCUT2D eigenvalue weighted by atomic mass is 16.5. The third-order valence-electron chi connectivity index (χ3n) is 4.34. The average molecular weight is 265 g/mol. The first kappa shape index (κ1) is 14.4. The van der Waals surface area contributed by atoms with Gasteiger partial charge in [-0.25, -0.2) is 0 Å². The Labute approximate surface area is 116 Å². The van der Waals surface area contributed by atoms with Crippen molar-refractivity contribution in [1.82, 2.24) is 9.78 Å². The molecular weight excluding hydrogens is 238 g/mol. The number of ether oxygens (including phenoxy) is 1. The third-order valence-corrected chi connectivity index (χ3v) is 4.34. The van der Waals surface area contributed by atoms with Crippen molar-refractivity contribution in [2.45, 2.75) is 64.5 Å². The Balaban J connectivity index is 2.16. The minimum atomic E-state index is 0.0514. The quantitative estimate of drug-likeness (QED) is 0.909.